The van der Waals surface area contributed by atoms with Crippen LogP contribution in [-0.4, -0.2) is 9.38 Å². The Morgan fingerprint density at radius 3 is 2.75 bits per heavy atom. The summed E-state index contributed by atoms with van der Waals surface area (Å²) in [7, 11) is 0. The number of hydrogen-bond acceptors (Lipinski definition) is 3. The molecule has 1 aromatic carbocycles. The van der Waals surface area contributed by atoms with E-state index >= 15 is 0 Å². The van der Waals surface area contributed by atoms with Gasteiger partial charge in [-0.25, -0.2) is 4.98 Å². The van der Waals surface area contributed by atoms with Crippen LogP contribution in [-0.2, 0) is 0 Å². The average Bonchev–Trinajstić information content (AvgIpc) is 2.79. The number of hydrogen-bond donors (Lipinski definition) is 0. The minimum absolute atomic E-state index is 0.274. The van der Waals surface area contributed by atoms with Gasteiger partial charge >= 0.3 is 0 Å². The van der Waals surface area contributed by atoms with Crippen molar-refractivity contribution in [1.29, 1.82) is 0 Å². The van der Waals surface area contributed by atoms with Crippen molar-refractivity contribution < 1.29 is 0 Å². The zero-order chi connectivity index (χ0) is 14.3. The van der Waals surface area contributed by atoms with Crippen LogP contribution in [0.15, 0.2) is 41.7 Å². The summed E-state index contributed by atoms with van der Waals surface area (Å²) in [5.41, 5.74) is 4.32. The Labute approximate surface area is 121 Å². The zero-order valence-corrected chi connectivity index (χ0v) is 11.8. The number of benzene rings is 1. The highest BCUT2D eigenvalue weighted by Gasteiger charge is 2.16. The number of nitroso groups, excluding NO2 is 1. The van der Waals surface area contributed by atoms with Crippen LogP contribution in [0.2, 0.25) is 5.02 Å². The third-order valence-corrected chi connectivity index (χ3v) is 3.52. The van der Waals surface area contributed by atoms with E-state index in [2.05, 4.69) is 10.2 Å². The molecule has 0 amide bonds. The Bertz CT molecular complexity index is 823. The third-order valence-electron chi connectivity index (χ3n) is 3.29. The lowest BCUT2D eigenvalue weighted by Crippen LogP contribution is -1.86. The molecule has 5 heteroatoms. The molecule has 0 saturated heterocycles. The molecule has 0 aliphatic heterocycles. The maximum absolute atomic E-state index is 11.2. The third kappa shape index (κ3) is 1.98. The topological polar surface area (TPSA) is 46.7 Å². The number of pyridine rings is 1. The van der Waals surface area contributed by atoms with E-state index in [-0.39, 0.29) is 5.82 Å². The molecule has 20 heavy (non-hydrogen) atoms. The van der Waals surface area contributed by atoms with Gasteiger partial charge in [-0.2, -0.15) is 0 Å². The molecule has 0 N–H and O–H groups in total. The first-order chi connectivity index (χ1) is 9.60. The number of aryl methyl sites for hydroxylation is 2. The highest BCUT2D eigenvalue weighted by molar-refractivity contribution is 6.30. The first kappa shape index (κ1) is 12.8. The molecule has 0 fully saturated rings. The second kappa shape index (κ2) is 4.72. The van der Waals surface area contributed by atoms with Crippen molar-refractivity contribution in [2.45, 2.75) is 13.8 Å². The SMILES string of the molecule is Cc1ccc(C)c(-c2nc3ccc(Cl)cn3c2N=O)c1. The predicted molar refractivity (Wildman–Crippen MR) is 80.6 cm³/mol. The molecule has 3 rings (SSSR count). The van der Waals surface area contributed by atoms with Crippen LogP contribution in [0.3, 0.4) is 0 Å². The fourth-order valence-corrected chi connectivity index (χ4v) is 2.43. The van der Waals surface area contributed by atoms with Crippen LogP contribution in [0.5, 0.6) is 0 Å². The van der Waals surface area contributed by atoms with Gasteiger partial charge in [-0.05, 0) is 42.8 Å². The predicted octanol–water partition coefficient (Wildman–Crippen LogP) is 4.67. The highest BCUT2D eigenvalue weighted by Crippen LogP contribution is 2.33. The Kier molecular flexibility index (Phi) is 3.03. The molecule has 0 aliphatic rings. The van der Waals surface area contributed by atoms with E-state index in [9.17, 15) is 4.91 Å². The van der Waals surface area contributed by atoms with E-state index in [0.717, 1.165) is 16.7 Å². The fraction of sp³-hybridized carbons (Fsp3) is 0.133. The minimum Gasteiger partial charge on any atom is -0.280 e. The van der Waals surface area contributed by atoms with E-state index in [1.807, 2.05) is 32.0 Å². The molecule has 0 bridgehead atoms. The zero-order valence-electron chi connectivity index (χ0n) is 11.1. The standard InChI is InChI=1S/C15H12ClN3O/c1-9-3-4-10(2)12(7-9)14-15(18-20)19-8-11(16)5-6-13(19)17-14/h3-8H,1-2H3. The highest BCUT2D eigenvalue weighted by atomic mass is 35.5. The molecule has 0 atom stereocenters. The molecule has 2 heterocycles. The molecule has 100 valence electrons. The molecule has 0 saturated carbocycles. The number of rotatable bonds is 2. The summed E-state index contributed by atoms with van der Waals surface area (Å²) in [6.45, 7) is 3.99. The number of halogens is 1. The second-order valence-electron chi connectivity index (χ2n) is 4.77. The van der Waals surface area contributed by atoms with Crippen molar-refractivity contribution in [1.82, 2.24) is 9.38 Å². The van der Waals surface area contributed by atoms with Gasteiger partial charge in [0.05, 0.1) is 5.02 Å². The van der Waals surface area contributed by atoms with E-state index < -0.39 is 0 Å². The lowest BCUT2D eigenvalue weighted by Gasteiger charge is -2.04. The molecule has 0 radical (unpaired) electrons. The number of imidazole rings is 1. The van der Waals surface area contributed by atoms with Crippen molar-refractivity contribution in [3.8, 4) is 11.3 Å². The summed E-state index contributed by atoms with van der Waals surface area (Å²) in [4.78, 5) is 15.7. The van der Waals surface area contributed by atoms with Crippen LogP contribution in [0.25, 0.3) is 16.9 Å². The summed E-state index contributed by atoms with van der Waals surface area (Å²) in [6, 6.07) is 9.56. The molecule has 2 aromatic heterocycles. The van der Waals surface area contributed by atoms with Gasteiger partial charge < -0.3 is 0 Å². The lowest BCUT2D eigenvalue weighted by atomic mass is 10.0. The van der Waals surface area contributed by atoms with Crippen LogP contribution >= 0.6 is 11.6 Å². The van der Waals surface area contributed by atoms with E-state index in [4.69, 9.17) is 11.6 Å². The molecule has 0 unspecified atom stereocenters. The Balaban J connectivity index is 2.36. The maximum Gasteiger partial charge on any atom is 0.209 e. The number of aromatic nitrogens is 2. The van der Waals surface area contributed by atoms with Crippen molar-refractivity contribution in [2.24, 2.45) is 5.18 Å². The van der Waals surface area contributed by atoms with Gasteiger partial charge in [-0.3, -0.25) is 4.40 Å². The Morgan fingerprint density at radius 2 is 2.00 bits per heavy atom. The molecular weight excluding hydrogens is 274 g/mol. The van der Waals surface area contributed by atoms with E-state index in [1.54, 1.807) is 22.7 Å². The maximum atomic E-state index is 11.2. The van der Waals surface area contributed by atoms with Crippen LogP contribution in [0.1, 0.15) is 11.1 Å². The van der Waals surface area contributed by atoms with Crippen molar-refractivity contribution >= 4 is 23.1 Å². The van der Waals surface area contributed by atoms with E-state index in [0.29, 0.717) is 16.4 Å². The van der Waals surface area contributed by atoms with Crippen molar-refractivity contribution in [3.05, 3.63) is 57.6 Å². The van der Waals surface area contributed by atoms with Gasteiger partial charge in [0.25, 0.3) is 0 Å². The quantitative estimate of drug-likeness (QED) is 0.642. The van der Waals surface area contributed by atoms with Crippen LogP contribution < -0.4 is 0 Å². The van der Waals surface area contributed by atoms with Gasteiger partial charge in [-0.15, -0.1) is 4.91 Å². The lowest BCUT2D eigenvalue weighted by molar-refractivity contribution is 1.16. The smallest absolute Gasteiger partial charge is 0.209 e. The largest absolute Gasteiger partial charge is 0.280 e. The monoisotopic (exact) mass is 285 g/mol. The van der Waals surface area contributed by atoms with Crippen LogP contribution in [0.4, 0.5) is 5.82 Å². The summed E-state index contributed by atoms with van der Waals surface area (Å²) in [5.74, 6) is 0.274. The molecule has 3 aromatic rings. The second-order valence-corrected chi connectivity index (χ2v) is 5.21. The van der Waals surface area contributed by atoms with Crippen molar-refractivity contribution in [2.75, 3.05) is 0 Å². The average molecular weight is 286 g/mol. The summed E-state index contributed by atoms with van der Waals surface area (Å²) in [5, 5.41) is 3.67. The Hall–Kier alpha value is -2.20. The first-order valence-electron chi connectivity index (χ1n) is 6.19. The molecule has 0 aliphatic carbocycles. The molecular formula is C15H12ClN3O. The number of nitrogens with zero attached hydrogens (tertiary/aromatic N) is 3. The summed E-state index contributed by atoms with van der Waals surface area (Å²) >= 11 is 5.97. The van der Waals surface area contributed by atoms with Gasteiger partial charge in [-0.1, -0.05) is 29.3 Å². The first-order valence-corrected chi connectivity index (χ1v) is 6.56. The minimum atomic E-state index is 0.274. The van der Waals surface area contributed by atoms with Gasteiger partial charge in [0, 0.05) is 11.8 Å². The Morgan fingerprint density at radius 1 is 1.20 bits per heavy atom. The number of fused-ring (bicyclic) bond motifs is 1. The van der Waals surface area contributed by atoms with Gasteiger partial charge in [0.2, 0.25) is 5.82 Å². The summed E-state index contributed by atoms with van der Waals surface area (Å²) < 4.78 is 1.62. The van der Waals surface area contributed by atoms with E-state index in [1.165, 1.54) is 0 Å². The summed E-state index contributed by atoms with van der Waals surface area (Å²) in [6.07, 6.45) is 1.65. The van der Waals surface area contributed by atoms with Crippen LogP contribution in [0, 0.1) is 18.8 Å². The van der Waals surface area contributed by atoms with Gasteiger partial charge in [0.1, 0.15) is 11.3 Å². The fourth-order valence-electron chi connectivity index (χ4n) is 2.27. The van der Waals surface area contributed by atoms with Gasteiger partial charge in [0.15, 0.2) is 0 Å². The van der Waals surface area contributed by atoms with Crippen molar-refractivity contribution in [3.63, 3.8) is 0 Å². The molecule has 4 nitrogen and oxygen atoms in total. The molecule has 0 spiro atoms. The normalized spacial score (nSPS) is 10.9.